The Bertz CT molecular complexity index is 597. The van der Waals surface area contributed by atoms with E-state index in [0.29, 0.717) is 17.7 Å². The van der Waals surface area contributed by atoms with E-state index in [1.807, 2.05) is 0 Å². The molecule has 1 amide bonds. The van der Waals surface area contributed by atoms with Crippen molar-refractivity contribution in [1.29, 1.82) is 0 Å². The molecule has 2 heterocycles. The van der Waals surface area contributed by atoms with Crippen molar-refractivity contribution in [2.24, 2.45) is 11.1 Å². The molecule has 1 fully saturated rings. The van der Waals surface area contributed by atoms with Gasteiger partial charge < -0.3 is 0 Å². The molecule has 1 aromatic rings. The van der Waals surface area contributed by atoms with Crippen molar-refractivity contribution in [3.63, 3.8) is 0 Å². The molecule has 19 heavy (non-hydrogen) atoms. The molecule has 1 unspecified atom stereocenters. The zero-order valence-electron chi connectivity index (χ0n) is 10.0. The van der Waals surface area contributed by atoms with Gasteiger partial charge in [-0.2, -0.15) is 0 Å². The molecule has 7 nitrogen and oxygen atoms in total. The molecular formula is C11H13N3O4S. The third-order valence-corrected chi connectivity index (χ3v) is 3.79. The number of hydrogen-bond acceptors (Lipinski definition) is 5. The van der Waals surface area contributed by atoms with Crippen LogP contribution in [0.2, 0.25) is 0 Å². The van der Waals surface area contributed by atoms with Gasteiger partial charge in [-0.25, -0.2) is 18.5 Å². The normalized spacial score (nSPS) is 19.7. The zero-order valence-corrected chi connectivity index (χ0v) is 10.8. The van der Waals surface area contributed by atoms with E-state index in [4.69, 9.17) is 5.14 Å². The molecule has 1 aliphatic heterocycles. The van der Waals surface area contributed by atoms with Crippen LogP contribution < -0.4 is 10.0 Å². The summed E-state index contributed by atoms with van der Waals surface area (Å²) in [7, 11) is -3.59. The quantitative estimate of drug-likeness (QED) is 0.751. The first-order chi connectivity index (χ1) is 8.89. The number of nitrogens with zero attached hydrogens (tertiary/aromatic N) is 2. The summed E-state index contributed by atoms with van der Waals surface area (Å²) in [6.45, 7) is 0.267. The van der Waals surface area contributed by atoms with Gasteiger partial charge in [-0.3, -0.25) is 14.5 Å². The number of rotatable bonds is 4. The molecule has 1 saturated heterocycles. The second kappa shape index (κ2) is 5.06. The summed E-state index contributed by atoms with van der Waals surface area (Å²) < 4.78 is 22.0. The minimum absolute atomic E-state index is 0.132. The Morgan fingerprint density at radius 1 is 1.47 bits per heavy atom. The van der Waals surface area contributed by atoms with Gasteiger partial charge in [0.05, 0.1) is 5.75 Å². The highest BCUT2D eigenvalue weighted by atomic mass is 32.2. The Hall–Kier alpha value is -1.80. The fourth-order valence-corrected chi connectivity index (χ4v) is 2.95. The number of nitrogens with two attached hydrogens (primary N) is 1. The Labute approximate surface area is 110 Å². The lowest BCUT2D eigenvalue weighted by molar-refractivity contribution is -0.117. The first-order valence-electron chi connectivity index (χ1n) is 5.61. The summed E-state index contributed by atoms with van der Waals surface area (Å²) in [5.41, 5.74) is 0.413. The van der Waals surface area contributed by atoms with Crippen LogP contribution in [0.4, 0.5) is 5.82 Å². The van der Waals surface area contributed by atoms with Crippen LogP contribution in [0.15, 0.2) is 18.3 Å². The maximum Gasteiger partial charge on any atom is 0.228 e. The lowest BCUT2D eigenvalue weighted by Crippen LogP contribution is -2.28. The molecule has 1 atom stereocenters. The van der Waals surface area contributed by atoms with Crippen molar-refractivity contribution in [3.8, 4) is 0 Å². The van der Waals surface area contributed by atoms with Crippen molar-refractivity contribution < 1.29 is 18.0 Å². The lowest BCUT2D eigenvalue weighted by Gasteiger charge is -2.15. The molecule has 0 bridgehead atoms. The van der Waals surface area contributed by atoms with Gasteiger partial charge in [-0.15, -0.1) is 0 Å². The predicted octanol–water partition coefficient (Wildman–Crippen LogP) is -0.464. The van der Waals surface area contributed by atoms with Crippen molar-refractivity contribution in [2.75, 3.05) is 17.2 Å². The highest BCUT2D eigenvalue weighted by Crippen LogP contribution is 2.24. The Balaban J connectivity index is 2.13. The van der Waals surface area contributed by atoms with Gasteiger partial charge >= 0.3 is 0 Å². The van der Waals surface area contributed by atoms with Crippen LogP contribution in [0.1, 0.15) is 16.8 Å². The van der Waals surface area contributed by atoms with E-state index in [9.17, 15) is 18.0 Å². The number of aldehydes is 1. The zero-order chi connectivity index (χ0) is 14.0. The second-order valence-electron chi connectivity index (χ2n) is 4.47. The molecule has 0 spiro atoms. The van der Waals surface area contributed by atoms with Crippen molar-refractivity contribution >= 4 is 28.0 Å². The monoisotopic (exact) mass is 283 g/mol. The highest BCUT2D eigenvalue weighted by molar-refractivity contribution is 7.89. The molecule has 2 rings (SSSR count). The summed E-state index contributed by atoms with van der Waals surface area (Å²) >= 11 is 0. The smallest absolute Gasteiger partial charge is 0.228 e. The van der Waals surface area contributed by atoms with Crippen molar-refractivity contribution in [1.82, 2.24) is 4.98 Å². The molecule has 0 aromatic carbocycles. The third-order valence-electron chi connectivity index (χ3n) is 2.86. The number of aromatic nitrogens is 1. The number of primary sulfonamides is 1. The van der Waals surface area contributed by atoms with Gasteiger partial charge in [0.25, 0.3) is 0 Å². The average Bonchev–Trinajstić information content (AvgIpc) is 2.68. The maximum atomic E-state index is 11.8. The van der Waals surface area contributed by atoms with Crippen LogP contribution in [0, 0.1) is 5.92 Å². The Morgan fingerprint density at radius 3 is 2.74 bits per heavy atom. The molecule has 0 radical (unpaired) electrons. The second-order valence-corrected chi connectivity index (χ2v) is 6.13. The molecular weight excluding hydrogens is 270 g/mol. The van der Waals surface area contributed by atoms with E-state index < -0.39 is 10.0 Å². The van der Waals surface area contributed by atoms with E-state index in [1.165, 1.54) is 11.1 Å². The minimum Gasteiger partial charge on any atom is -0.298 e. The number of amides is 1. The maximum absolute atomic E-state index is 11.8. The molecule has 1 aliphatic rings. The molecule has 1 aromatic heterocycles. The van der Waals surface area contributed by atoms with Gasteiger partial charge in [0.15, 0.2) is 6.29 Å². The molecule has 0 aliphatic carbocycles. The fraction of sp³-hybridized carbons (Fsp3) is 0.364. The van der Waals surface area contributed by atoms with Gasteiger partial charge in [0.2, 0.25) is 15.9 Å². The third kappa shape index (κ3) is 3.36. The van der Waals surface area contributed by atoms with E-state index in [2.05, 4.69) is 4.98 Å². The van der Waals surface area contributed by atoms with E-state index >= 15 is 0 Å². The van der Waals surface area contributed by atoms with Gasteiger partial charge in [0, 0.05) is 30.6 Å². The summed E-state index contributed by atoms with van der Waals surface area (Å²) in [4.78, 5) is 27.7. The summed E-state index contributed by atoms with van der Waals surface area (Å²) in [5.74, 6) is -0.329. The van der Waals surface area contributed by atoms with Crippen LogP contribution >= 0.6 is 0 Å². The Morgan fingerprint density at radius 2 is 2.21 bits per heavy atom. The van der Waals surface area contributed by atoms with Crippen LogP contribution in [0.3, 0.4) is 0 Å². The van der Waals surface area contributed by atoms with Gasteiger partial charge in [-0.05, 0) is 12.1 Å². The Kier molecular flexibility index (Phi) is 3.63. The molecule has 8 heteroatoms. The molecule has 102 valence electrons. The topological polar surface area (TPSA) is 110 Å². The average molecular weight is 283 g/mol. The number of hydrogen-bond donors (Lipinski definition) is 1. The SMILES string of the molecule is NS(=O)(=O)CC1CC(=O)N(c2ccc(C=O)cn2)C1. The molecule has 0 saturated carbocycles. The van der Waals surface area contributed by atoms with Crippen LogP contribution in [-0.4, -0.2) is 37.9 Å². The van der Waals surface area contributed by atoms with E-state index in [1.54, 1.807) is 12.1 Å². The van der Waals surface area contributed by atoms with Gasteiger partial charge in [-0.1, -0.05) is 0 Å². The first-order valence-corrected chi connectivity index (χ1v) is 7.32. The largest absolute Gasteiger partial charge is 0.298 e. The molecule has 2 N–H and O–H groups in total. The van der Waals surface area contributed by atoms with Crippen molar-refractivity contribution in [3.05, 3.63) is 23.9 Å². The van der Waals surface area contributed by atoms with E-state index in [-0.39, 0.29) is 30.5 Å². The summed E-state index contributed by atoms with van der Waals surface area (Å²) in [5, 5.41) is 4.97. The fourth-order valence-electron chi connectivity index (χ4n) is 2.07. The van der Waals surface area contributed by atoms with Crippen LogP contribution in [-0.2, 0) is 14.8 Å². The number of carbonyl (C=O) groups is 2. The number of anilines is 1. The van der Waals surface area contributed by atoms with Gasteiger partial charge in [0.1, 0.15) is 5.82 Å². The minimum atomic E-state index is -3.59. The number of pyridine rings is 1. The number of carbonyl (C=O) groups excluding carboxylic acids is 2. The van der Waals surface area contributed by atoms with Crippen LogP contribution in [0.25, 0.3) is 0 Å². The summed E-state index contributed by atoms with van der Waals surface area (Å²) in [6.07, 6.45) is 2.16. The standard InChI is InChI=1S/C11H13N3O4S/c12-19(17,18)7-9-3-11(16)14(5-9)10-2-1-8(6-15)4-13-10/h1-2,4,6,9H,3,5,7H2,(H2,12,17,18). The lowest BCUT2D eigenvalue weighted by atomic mass is 10.1. The van der Waals surface area contributed by atoms with E-state index in [0.717, 1.165) is 0 Å². The number of sulfonamides is 1. The van der Waals surface area contributed by atoms with Crippen molar-refractivity contribution in [2.45, 2.75) is 6.42 Å². The summed E-state index contributed by atoms with van der Waals surface area (Å²) in [6, 6.07) is 3.11. The predicted molar refractivity (Wildman–Crippen MR) is 68.1 cm³/mol. The highest BCUT2D eigenvalue weighted by Gasteiger charge is 2.33. The first kappa shape index (κ1) is 13.6. The van der Waals surface area contributed by atoms with Crippen LogP contribution in [0.5, 0.6) is 0 Å².